The van der Waals surface area contributed by atoms with E-state index in [0.717, 1.165) is 18.9 Å². The lowest BCUT2D eigenvalue weighted by atomic mass is 10.0. The molecule has 1 aromatic rings. The summed E-state index contributed by atoms with van der Waals surface area (Å²) < 4.78 is 28.1. The standard InChI is InChI=1S/C13H18N2O5S/c1-9-4-6-15(7-5-9)21(19,20)14-11-3-2-10(13(17)18)8-12(11)16/h2-3,8-9,14,16H,4-7H2,1H3,(H,17,18). The van der Waals surface area contributed by atoms with Gasteiger partial charge in [0, 0.05) is 13.1 Å². The average Bonchev–Trinajstić information content (AvgIpc) is 2.41. The van der Waals surface area contributed by atoms with Crippen molar-refractivity contribution in [1.29, 1.82) is 0 Å². The summed E-state index contributed by atoms with van der Waals surface area (Å²) in [6.45, 7) is 2.95. The van der Waals surface area contributed by atoms with E-state index < -0.39 is 21.9 Å². The van der Waals surface area contributed by atoms with Gasteiger partial charge in [0.1, 0.15) is 5.75 Å². The Kier molecular flexibility index (Phi) is 4.38. The predicted molar refractivity (Wildman–Crippen MR) is 77.6 cm³/mol. The van der Waals surface area contributed by atoms with Gasteiger partial charge in [-0.25, -0.2) is 4.79 Å². The van der Waals surface area contributed by atoms with Crippen LogP contribution in [0.15, 0.2) is 18.2 Å². The summed E-state index contributed by atoms with van der Waals surface area (Å²) in [5.74, 6) is -1.10. The first-order chi connectivity index (χ1) is 9.79. The second kappa shape index (κ2) is 5.90. The highest BCUT2D eigenvalue weighted by molar-refractivity contribution is 7.90. The summed E-state index contributed by atoms with van der Waals surface area (Å²) in [6, 6.07) is 3.49. The fourth-order valence-corrected chi connectivity index (χ4v) is 3.45. The maximum Gasteiger partial charge on any atom is 0.335 e. The smallest absolute Gasteiger partial charge is 0.335 e. The lowest BCUT2D eigenvalue weighted by Crippen LogP contribution is -2.41. The Labute approximate surface area is 123 Å². The monoisotopic (exact) mass is 314 g/mol. The van der Waals surface area contributed by atoms with E-state index in [1.165, 1.54) is 16.4 Å². The molecule has 21 heavy (non-hydrogen) atoms. The Hall–Kier alpha value is -1.80. The second-order valence-corrected chi connectivity index (χ2v) is 6.90. The maximum absolute atomic E-state index is 12.2. The second-order valence-electron chi connectivity index (χ2n) is 5.23. The zero-order valence-corrected chi connectivity index (χ0v) is 12.4. The molecule has 8 heteroatoms. The van der Waals surface area contributed by atoms with E-state index in [1.807, 2.05) is 0 Å². The van der Waals surface area contributed by atoms with Crippen molar-refractivity contribution in [3.05, 3.63) is 23.8 Å². The van der Waals surface area contributed by atoms with Crippen LogP contribution in [0.25, 0.3) is 0 Å². The van der Waals surface area contributed by atoms with E-state index in [1.54, 1.807) is 0 Å². The Morgan fingerprint density at radius 3 is 2.48 bits per heavy atom. The number of nitrogens with one attached hydrogen (secondary N) is 1. The van der Waals surface area contributed by atoms with E-state index in [2.05, 4.69) is 11.6 Å². The first-order valence-corrected chi connectivity index (χ1v) is 8.08. The summed E-state index contributed by atoms with van der Waals surface area (Å²) in [5, 5.41) is 18.5. The van der Waals surface area contributed by atoms with Crippen molar-refractivity contribution in [2.75, 3.05) is 17.8 Å². The summed E-state index contributed by atoms with van der Waals surface area (Å²) in [6.07, 6.45) is 1.59. The third kappa shape index (κ3) is 3.64. The van der Waals surface area contributed by atoms with E-state index in [9.17, 15) is 18.3 Å². The van der Waals surface area contributed by atoms with Crippen LogP contribution in [0.1, 0.15) is 30.1 Å². The number of carboxylic acids is 1. The van der Waals surface area contributed by atoms with Crippen LogP contribution in [0.4, 0.5) is 5.69 Å². The van der Waals surface area contributed by atoms with Crippen LogP contribution in [0.2, 0.25) is 0 Å². The lowest BCUT2D eigenvalue weighted by molar-refractivity contribution is 0.0696. The topological polar surface area (TPSA) is 107 Å². The van der Waals surface area contributed by atoms with E-state index in [4.69, 9.17) is 5.11 Å². The summed E-state index contributed by atoms with van der Waals surface area (Å²) in [7, 11) is -3.74. The molecule has 3 N–H and O–H groups in total. The molecule has 0 atom stereocenters. The van der Waals surface area contributed by atoms with Gasteiger partial charge in [-0.2, -0.15) is 12.7 Å². The maximum atomic E-state index is 12.2. The number of phenols is 1. The normalized spacial score (nSPS) is 17.6. The number of carbonyl (C=O) groups is 1. The summed E-state index contributed by atoms with van der Waals surface area (Å²) >= 11 is 0. The Balaban J connectivity index is 2.15. The molecule has 1 aromatic carbocycles. The number of phenolic OH excluding ortho intramolecular Hbond substituents is 1. The molecule has 116 valence electrons. The van der Waals surface area contributed by atoms with Gasteiger partial charge in [0.25, 0.3) is 0 Å². The zero-order valence-electron chi connectivity index (χ0n) is 11.6. The molecule has 1 saturated heterocycles. The quantitative estimate of drug-likeness (QED) is 0.730. The molecule has 0 radical (unpaired) electrons. The first kappa shape index (κ1) is 15.6. The van der Waals surface area contributed by atoms with Gasteiger partial charge in [0.2, 0.25) is 0 Å². The fourth-order valence-electron chi connectivity index (χ4n) is 2.18. The van der Waals surface area contributed by atoms with Gasteiger partial charge in [-0.1, -0.05) is 6.92 Å². The van der Waals surface area contributed by atoms with Gasteiger partial charge in [-0.05, 0) is 37.0 Å². The van der Waals surface area contributed by atoms with Crippen molar-refractivity contribution < 1.29 is 23.4 Å². The zero-order chi connectivity index (χ0) is 15.6. The summed E-state index contributed by atoms with van der Waals surface area (Å²) in [5.41, 5.74) is -0.138. The van der Waals surface area contributed by atoms with Crippen molar-refractivity contribution in [2.45, 2.75) is 19.8 Å². The molecule has 0 aromatic heterocycles. The number of hydrogen-bond donors (Lipinski definition) is 3. The van der Waals surface area contributed by atoms with E-state index >= 15 is 0 Å². The molecule has 0 amide bonds. The van der Waals surface area contributed by atoms with Crippen LogP contribution in [-0.2, 0) is 10.2 Å². The molecule has 0 bridgehead atoms. The van der Waals surface area contributed by atoms with Gasteiger partial charge in [-0.15, -0.1) is 0 Å². The molecule has 2 rings (SSSR count). The molecule has 0 aliphatic carbocycles. The largest absolute Gasteiger partial charge is 0.506 e. The molecule has 0 saturated carbocycles. The van der Waals surface area contributed by atoms with Crippen LogP contribution < -0.4 is 4.72 Å². The molecular formula is C13H18N2O5S. The van der Waals surface area contributed by atoms with Gasteiger partial charge in [-0.3, -0.25) is 4.72 Å². The predicted octanol–water partition coefficient (Wildman–Crippen LogP) is 1.48. The van der Waals surface area contributed by atoms with Gasteiger partial charge >= 0.3 is 16.2 Å². The van der Waals surface area contributed by atoms with Gasteiger partial charge in [0.05, 0.1) is 11.3 Å². The Morgan fingerprint density at radius 2 is 1.95 bits per heavy atom. The van der Waals surface area contributed by atoms with E-state index in [-0.39, 0.29) is 11.3 Å². The number of benzene rings is 1. The van der Waals surface area contributed by atoms with Crippen LogP contribution in [0.5, 0.6) is 5.75 Å². The molecule has 1 heterocycles. The molecule has 1 aliphatic heterocycles. The molecule has 0 unspecified atom stereocenters. The van der Waals surface area contributed by atoms with Crippen LogP contribution in [0.3, 0.4) is 0 Å². The molecule has 1 fully saturated rings. The minimum atomic E-state index is -3.74. The van der Waals surface area contributed by atoms with Crippen molar-refractivity contribution in [2.24, 2.45) is 5.92 Å². The van der Waals surface area contributed by atoms with E-state index in [0.29, 0.717) is 19.0 Å². The van der Waals surface area contributed by atoms with Crippen molar-refractivity contribution >= 4 is 21.9 Å². The lowest BCUT2D eigenvalue weighted by Gasteiger charge is -2.29. The van der Waals surface area contributed by atoms with Crippen LogP contribution in [0, 0.1) is 5.92 Å². The van der Waals surface area contributed by atoms with Gasteiger partial charge in [0.15, 0.2) is 0 Å². The van der Waals surface area contributed by atoms with Crippen molar-refractivity contribution in [3.63, 3.8) is 0 Å². The average molecular weight is 314 g/mol. The molecule has 7 nitrogen and oxygen atoms in total. The third-order valence-corrected chi connectivity index (χ3v) is 5.09. The first-order valence-electron chi connectivity index (χ1n) is 6.64. The molecule has 0 spiro atoms. The minimum absolute atomic E-state index is 0.0291. The number of anilines is 1. The number of nitrogens with zero attached hydrogens (tertiary/aromatic N) is 1. The van der Waals surface area contributed by atoms with Gasteiger partial charge < -0.3 is 10.2 Å². The molecule has 1 aliphatic rings. The minimum Gasteiger partial charge on any atom is -0.506 e. The highest BCUT2D eigenvalue weighted by Crippen LogP contribution is 2.27. The van der Waals surface area contributed by atoms with Crippen molar-refractivity contribution in [1.82, 2.24) is 4.31 Å². The summed E-state index contributed by atoms with van der Waals surface area (Å²) in [4.78, 5) is 10.8. The highest BCUT2D eigenvalue weighted by Gasteiger charge is 2.27. The number of aromatic hydroxyl groups is 1. The number of carboxylic acid groups (broad SMARTS) is 1. The highest BCUT2D eigenvalue weighted by atomic mass is 32.2. The van der Waals surface area contributed by atoms with Crippen LogP contribution >= 0.6 is 0 Å². The fraction of sp³-hybridized carbons (Fsp3) is 0.462. The Morgan fingerprint density at radius 1 is 1.33 bits per heavy atom. The number of piperidine rings is 1. The number of hydrogen-bond acceptors (Lipinski definition) is 4. The Bertz CT molecular complexity index is 636. The number of aromatic carboxylic acids is 1. The SMILES string of the molecule is CC1CCN(S(=O)(=O)Nc2ccc(C(=O)O)cc2O)CC1. The number of rotatable bonds is 4. The van der Waals surface area contributed by atoms with Crippen LogP contribution in [-0.4, -0.2) is 42.0 Å². The van der Waals surface area contributed by atoms with Crippen molar-refractivity contribution in [3.8, 4) is 5.75 Å². The molecular weight excluding hydrogens is 296 g/mol. The third-order valence-electron chi connectivity index (χ3n) is 3.57.